The van der Waals surface area contributed by atoms with E-state index in [1.165, 1.54) is 0 Å². The number of amides is 1. The van der Waals surface area contributed by atoms with Crippen LogP contribution in [0.3, 0.4) is 0 Å². The first-order chi connectivity index (χ1) is 23.8. The molecule has 0 radical (unpaired) electrons. The number of carboxylic acid groups (broad SMARTS) is 1. The lowest BCUT2D eigenvalue weighted by atomic mass is 9.98. The van der Waals surface area contributed by atoms with E-state index >= 15 is 0 Å². The van der Waals surface area contributed by atoms with E-state index in [2.05, 4.69) is 10.6 Å². The van der Waals surface area contributed by atoms with E-state index in [1.54, 1.807) is 14.2 Å². The molecule has 3 N–H and O–H groups in total. The zero-order valence-corrected chi connectivity index (χ0v) is 29.0. The lowest BCUT2D eigenvalue weighted by Gasteiger charge is -2.33. The van der Waals surface area contributed by atoms with Gasteiger partial charge in [0.2, 0.25) is 17.7 Å². The molecule has 2 aromatic heterocycles. The van der Waals surface area contributed by atoms with Gasteiger partial charge in [-0.05, 0) is 37.9 Å². The Bertz CT molecular complexity index is 1850. The maximum absolute atomic E-state index is 11.8. The maximum Gasteiger partial charge on any atom is 0.320 e. The number of hydrogen-bond donors (Lipinski definition) is 3. The Hall–Kier alpha value is -4.22. The molecule has 0 spiro atoms. The molecule has 0 saturated carbocycles. The Labute approximate surface area is 295 Å². The van der Waals surface area contributed by atoms with Gasteiger partial charge in [-0.1, -0.05) is 78.2 Å². The van der Waals surface area contributed by atoms with Crippen molar-refractivity contribution in [1.82, 2.24) is 25.5 Å². The number of hydrogen-bond acceptors (Lipinski definition) is 8. The number of benzene rings is 2. The molecule has 1 amide bonds. The van der Waals surface area contributed by atoms with Crippen molar-refractivity contribution in [3.8, 4) is 45.4 Å². The molecule has 256 valence electrons. The largest absolute Gasteiger partial charge is 0.481 e. The van der Waals surface area contributed by atoms with Gasteiger partial charge in [0.1, 0.15) is 6.04 Å². The number of carbonyl (C=O) groups is 2. The number of rotatable bonds is 12. The van der Waals surface area contributed by atoms with Crippen molar-refractivity contribution < 1.29 is 24.2 Å². The molecule has 2 aromatic carbocycles. The number of pyridine rings is 2. The molecule has 0 bridgehead atoms. The lowest BCUT2D eigenvalue weighted by Crippen LogP contribution is -2.44. The Morgan fingerprint density at radius 3 is 2.04 bits per heavy atom. The van der Waals surface area contributed by atoms with Gasteiger partial charge in [0.25, 0.3) is 0 Å². The summed E-state index contributed by atoms with van der Waals surface area (Å²) < 4.78 is 11.3. The summed E-state index contributed by atoms with van der Waals surface area (Å²) in [7, 11) is 3.15. The summed E-state index contributed by atoms with van der Waals surface area (Å²) in [4.78, 5) is 34.9. The quantitative estimate of drug-likeness (QED) is 0.149. The number of nitrogens with one attached hydrogen (secondary N) is 2. The Balaban J connectivity index is 1.24. The van der Waals surface area contributed by atoms with E-state index in [-0.39, 0.29) is 11.9 Å². The van der Waals surface area contributed by atoms with Crippen LogP contribution in [0.4, 0.5) is 0 Å². The monoisotopic (exact) mass is 703 g/mol. The van der Waals surface area contributed by atoms with Crippen molar-refractivity contribution in [3.63, 3.8) is 0 Å². The van der Waals surface area contributed by atoms with Crippen molar-refractivity contribution in [2.45, 2.75) is 57.3 Å². The van der Waals surface area contributed by atoms with Gasteiger partial charge in [0.05, 0.1) is 35.7 Å². The fourth-order valence-corrected chi connectivity index (χ4v) is 7.26. The predicted molar refractivity (Wildman–Crippen MR) is 190 cm³/mol. The van der Waals surface area contributed by atoms with Crippen molar-refractivity contribution >= 4 is 35.1 Å². The highest BCUT2D eigenvalue weighted by Crippen LogP contribution is 2.42. The highest BCUT2D eigenvalue weighted by atomic mass is 35.5. The minimum absolute atomic E-state index is 0.0929. The van der Waals surface area contributed by atoms with E-state index in [0.29, 0.717) is 77.8 Å². The van der Waals surface area contributed by atoms with Gasteiger partial charge in [-0.3, -0.25) is 14.5 Å². The van der Waals surface area contributed by atoms with Crippen LogP contribution in [0.2, 0.25) is 10.0 Å². The van der Waals surface area contributed by atoms with Gasteiger partial charge >= 0.3 is 5.97 Å². The van der Waals surface area contributed by atoms with Crippen LogP contribution in [-0.2, 0) is 22.7 Å². The van der Waals surface area contributed by atoms with Crippen LogP contribution >= 0.6 is 23.2 Å². The summed E-state index contributed by atoms with van der Waals surface area (Å²) in [6.45, 7) is 2.35. The van der Waals surface area contributed by atoms with Crippen LogP contribution in [-0.4, -0.2) is 71.2 Å². The molecule has 12 heteroatoms. The zero-order chi connectivity index (χ0) is 34.5. The molecule has 2 saturated heterocycles. The Morgan fingerprint density at radius 1 is 0.878 bits per heavy atom. The van der Waals surface area contributed by atoms with Gasteiger partial charge in [0, 0.05) is 65.5 Å². The summed E-state index contributed by atoms with van der Waals surface area (Å²) in [5, 5.41) is 17.1. The van der Waals surface area contributed by atoms with Gasteiger partial charge in [-0.2, -0.15) is 0 Å². The van der Waals surface area contributed by atoms with E-state index in [9.17, 15) is 14.7 Å². The molecule has 2 atom stereocenters. The average molecular weight is 705 g/mol. The normalized spacial score (nSPS) is 17.9. The smallest absolute Gasteiger partial charge is 0.320 e. The average Bonchev–Trinajstić information content (AvgIpc) is 3.53. The highest BCUT2D eigenvalue weighted by Gasteiger charge is 2.29. The first-order valence-corrected chi connectivity index (χ1v) is 17.2. The first kappa shape index (κ1) is 34.6. The maximum atomic E-state index is 11.8. The molecular weight excluding hydrogens is 665 g/mol. The summed E-state index contributed by atoms with van der Waals surface area (Å²) in [6, 6.07) is 18.8. The van der Waals surface area contributed by atoms with Gasteiger partial charge in [-0.15, -0.1) is 0 Å². The second kappa shape index (κ2) is 15.6. The SMILES string of the molecule is COc1nc(-c2cccc(-c3cccc(-c4ccc(CN5CCCC[C@H]5C(=O)O)c(OC)n4)c3Cl)c2Cl)ccc1CNC[C@H]1CCC(=O)N1. The Morgan fingerprint density at radius 2 is 1.47 bits per heavy atom. The number of carbonyl (C=O) groups excluding carboxylic acids is 1. The summed E-state index contributed by atoms with van der Waals surface area (Å²) in [5.41, 5.74) is 5.90. The number of aliphatic carboxylic acids is 1. The molecule has 4 aromatic rings. The standard InChI is InChI=1S/C37H39Cl2N5O5/c1-48-35-22(19-40-20-24-14-17-32(45)41-24)12-15-29(42-35)27-9-5-7-25(33(27)38)26-8-6-10-28(34(26)39)30-16-13-23(36(43-30)49-2)21-44-18-4-3-11-31(44)37(46)47/h5-10,12-13,15-16,24,31,40H,3-4,11,14,17-21H2,1-2H3,(H,41,45)(H,46,47)/t24-,31+/m1/s1. The van der Waals surface area contributed by atoms with Crippen LogP contribution in [0.25, 0.3) is 33.6 Å². The van der Waals surface area contributed by atoms with Crippen molar-refractivity contribution in [3.05, 3.63) is 81.8 Å². The number of aromatic nitrogens is 2. The number of methoxy groups -OCH3 is 2. The van der Waals surface area contributed by atoms with Crippen molar-refractivity contribution in [2.75, 3.05) is 27.3 Å². The Kier molecular flexibility index (Phi) is 11.0. The van der Waals surface area contributed by atoms with Crippen LogP contribution in [0, 0.1) is 0 Å². The van der Waals surface area contributed by atoms with Crippen molar-refractivity contribution in [2.24, 2.45) is 0 Å². The van der Waals surface area contributed by atoms with Gasteiger partial charge in [-0.25, -0.2) is 9.97 Å². The predicted octanol–water partition coefficient (Wildman–Crippen LogP) is 6.61. The van der Waals surface area contributed by atoms with Gasteiger partial charge in [0.15, 0.2) is 0 Å². The minimum Gasteiger partial charge on any atom is -0.481 e. The molecule has 49 heavy (non-hydrogen) atoms. The van der Waals surface area contributed by atoms with E-state index in [4.69, 9.17) is 42.6 Å². The second-order valence-corrected chi connectivity index (χ2v) is 13.1. The van der Waals surface area contributed by atoms with Gasteiger partial charge < -0.3 is 25.2 Å². The van der Waals surface area contributed by atoms with E-state index in [0.717, 1.165) is 47.1 Å². The number of likely N-dealkylation sites (tertiary alicyclic amines) is 1. The second-order valence-electron chi connectivity index (χ2n) is 12.3. The highest BCUT2D eigenvalue weighted by molar-refractivity contribution is 6.39. The molecule has 10 nitrogen and oxygen atoms in total. The third-order valence-corrected chi connectivity index (χ3v) is 9.98. The van der Waals surface area contributed by atoms with E-state index in [1.807, 2.05) is 65.6 Å². The third-order valence-electron chi connectivity index (χ3n) is 9.17. The molecule has 6 rings (SSSR count). The van der Waals surface area contributed by atoms with Crippen LogP contribution in [0.15, 0.2) is 60.7 Å². The van der Waals surface area contributed by atoms with Crippen LogP contribution < -0.4 is 20.1 Å². The molecule has 4 heterocycles. The number of ether oxygens (including phenoxy) is 2. The minimum atomic E-state index is -0.804. The number of piperidine rings is 1. The lowest BCUT2D eigenvalue weighted by molar-refractivity contribution is -0.144. The number of carboxylic acids is 1. The van der Waals surface area contributed by atoms with E-state index < -0.39 is 12.0 Å². The molecule has 2 aliphatic heterocycles. The third kappa shape index (κ3) is 7.68. The van der Waals surface area contributed by atoms with Crippen LogP contribution in [0.5, 0.6) is 11.8 Å². The molecule has 2 fully saturated rings. The first-order valence-electron chi connectivity index (χ1n) is 16.4. The fraction of sp³-hybridized carbons (Fsp3) is 0.351. The number of nitrogens with zero attached hydrogens (tertiary/aromatic N) is 3. The number of halogens is 2. The van der Waals surface area contributed by atoms with Crippen LogP contribution in [0.1, 0.15) is 43.2 Å². The molecule has 0 unspecified atom stereocenters. The fourth-order valence-electron chi connectivity index (χ4n) is 6.61. The summed E-state index contributed by atoms with van der Waals surface area (Å²) in [5.74, 6) is 0.208. The van der Waals surface area contributed by atoms with Crippen molar-refractivity contribution in [1.29, 1.82) is 0 Å². The summed E-state index contributed by atoms with van der Waals surface area (Å²) >= 11 is 14.2. The zero-order valence-electron chi connectivity index (χ0n) is 27.5. The molecule has 2 aliphatic rings. The molecular formula is C37H39Cl2N5O5. The molecule has 0 aliphatic carbocycles. The summed E-state index contributed by atoms with van der Waals surface area (Å²) in [6.07, 6.45) is 3.89. The topological polar surface area (TPSA) is 126 Å².